The summed E-state index contributed by atoms with van der Waals surface area (Å²) in [5.74, 6) is 0.644. The first-order valence-corrected chi connectivity index (χ1v) is 13.4. The zero-order valence-corrected chi connectivity index (χ0v) is 24.7. The first-order valence-electron chi connectivity index (χ1n) is 13.4. The number of rotatable bonds is 10. The molecule has 3 aromatic rings. The Balaban J connectivity index is 0.00000231. The van der Waals surface area contributed by atoms with Gasteiger partial charge in [0, 0.05) is 50.0 Å². The van der Waals surface area contributed by atoms with Crippen molar-refractivity contribution in [1.82, 2.24) is 19.5 Å². The Morgan fingerprint density at radius 3 is 2.56 bits per heavy atom. The molecule has 5 rings (SSSR count). The maximum Gasteiger partial charge on any atom is 0.312 e. The van der Waals surface area contributed by atoms with E-state index in [-0.39, 0.29) is 31.4 Å². The number of nitriles is 1. The highest BCUT2D eigenvalue weighted by atomic mass is 35.5. The number of pyridine rings is 2. The number of piperidine rings is 1. The van der Waals surface area contributed by atoms with Crippen molar-refractivity contribution in [2.75, 3.05) is 70.7 Å². The number of carboxylic acids is 1. The maximum absolute atomic E-state index is 12.2. The van der Waals surface area contributed by atoms with Crippen molar-refractivity contribution >= 4 is 42.1 Å². The Labute approximate surface area is 251 Å². The van der Waals surface area contributed by atoms with Gasteiger partial charge in [-0.1, -0.05) is 0 Å². The van der Waals surface area contributed by atoms with Crippen molar-refractivity contribution in [1.29, 1.82) is 5.26 Å². The van der Waals surface area contributed by atoms with E-state index in [1.165, 1.54) is 0 Å². The number of hydrogen-bond acceptors (Lipinski definition) is 9. The van der Waals surface area contributed by atoms with Crippen LogP contribution in [0.5, 0.6) is 5.75 Å². The molecule has 0 unspecified atom stereocenters. The van der Waals surface area contributed by atoms with Gasteiger partial charge in [-0.3, -0.25) is 9.69 Å². The van der Waals surface area contributed by atoms with E-state index < -0.39 is 11.4 Å². The van der Waals surface area contributed by atoms with Crippen LogP contribution >= 0.6 is 24.8 Å². The van der Waals surface area contributed by atoms with Crippen molar-refractivity contribution in [3.63, 3.8) is 0 Å². The molecule has 41 heavy (non-hydrogen) atoms. The Bertz CT molecular complexity index is 1330. The van der Waals surface area contributed by atoms with E-state index >= 15 is 0 Å². The molecule has 0 aromatic carbocycles. The van der Waals surface area contributed by atoms with Gasteiger partial charge in [0.25, 0.3) is 0 Å². The average molecular weight is 608 g/mol. The number of anilines is 1. The molecule has 2 aliphatic heterocycles. The van der Waals surface area contributed by atoms with E-state index in [2.05, 4.69) is 21.0 Å². The second-order valence-electron chi connectivity index (χ2n) is 9.97. The van der Waals surface area contributed by atoms with E-state index in [1.807, 2.05) is 25.1 Å². The monoisotopic (exact) mass is 606 g/mol. The van der Waals surface area contributed by atoms with Gasteiger partial charge < -0.3 is 24.2 Å². The van der Waals surface area contributed by atoms with Crippen LogP contribution in [0.1, 0.15) is 25.3 Å². The molecule has 13 heteroatoms. The van der Waals surface area contributed by atoms with Crippen LogP contribution in [-0.2, 0) is 14.3 Å². The highest BCUT2D eigenvalue weighted by Crippen LogP contribution is 2.35. The predicted molar refractivity (Wildman–Crippen MR) is 158 cm³/mol. The lowest BCUT2D eigenvalue weighted by atomic mass is 9.79. The normalized spacial score (nSPS) is 16.8. The molecule has 0 atom stereocenters. The van der Waals surface area contributed by atoms with Crippen molar-refractivity contribution in [2.24, 2.45) is 5.41 Å². The highest BCUT2D eigenvalue weighted by molar-refractivity contribution is 5.86. The SMILES string of the molecule is CCOc1cc(-c2ccc(N3CCC(COCCN4CCOCC4)(C(=O)O)CC3)nc2)c2c(C#N)cnn2c1.Cl.Cl. The summed E-state index contributed by atoms with van der Waals surface area (Å²) >= 11 is 0. The van der Waals surface area contributed by atoms with Crippen molar-refractivity contribution in [3.05, 3.63) is 42.4 Å². The van der Waals surface area contributed by atoms with E-state index in [1.54, 1.807) is 23.1 Å². The number of aliphatic carboxylic acids is 1. The molecule has 2 fully saturated rings. The number of ether oxygens (including phenoxy) is 3. The summed E-state index contributed by atoms with van der Waals surface area (Å²) in [5.41, 5.74) is 1.95. The minimum absolute atomic E-state index is 0. The first-order chi connectivity index (χ1) is 19.0. The Morgan fingerprint density at radius 1 is 1.17 bits per heavy atom. The van der Waals surface area contributed by atoms with Crippen LogP contribution in [0.4, 0.5) is 5.82 Å². The number of morpholine rings is 1. The van der Waals surface area contributed by atoms with Crippen LogP contribution < -0.4 is 9.64 Å². The van der Waals surface area contributed by atoms with Gasteiger partial charge in [-0.25, -0.2) is 9.50 Å². The molecule has 0 bridgehead atoms. The van der Waals surface area contributed by atoms with Gasteiger partial charge in [-0.2, -0.15) is 10.4 Å². The quantitative estimate of drug-likeness (QED) is 0.342. The molecule has 2 saturated heterocycles. The van der Waals surface area contributed by atoms with E-state index in [0.717, 1.165) is 49.8 Å². The summed E-state index contributed by atoms with van der Waals surface area (Å²) in [5, 5.41) is 23.9. The van der Waals surface area contributed by atoms with E-state index in [0.29, 0.717) is 56.0 Å². The van der Waals surface area contributed by atoms with E-state index in [4.69, 9.17) is 19.2 Å². The van der Waals surface area contributed by atoms with Crippen LogP contribution in [0.15, 0.2) is 36.8 Å². The van der Waals surface area contributed by atoms with E-state index in [9.17, 15) is 15.2 Å². The topological polar surface area (TPSA) is 125 Å². The van der Waals surface area contributed by atoms with Gasteiger partial charge in [0.05, 0.1) is 61.9 Å². The number of aromatic nitrogens is 3. The van der Waals surface area contributed by atoms with Crippen LogP contribution in [-0.4, -0.2) is 96.3 Å². The van der Waals surface area contributed by atoms with Gasteiger partial charge >= 0.3 is 5.97 Å². The number of nitrogens with zero attached hydrogens (tertiary/aromatic N) is 6. The number of hydrogen-bond donors (Lipinski definition) is 1. The molecular weight excluding hydrogens is 571 g/mol. The fourth-order valence-corrected chi connectivity index (χ4v) is 5.25. The molecule has 0 radical (unpaired) electrons. The lowest BCUT2D eigenvalue weighted by Gasteiger charge is -2.39. The predicted octanol–water partition coefficient (Wildman–Crippen LogP) is 3.53. The van der Waals surface area contributed by atoms with Crippen LogP contribution in [0.2, 0.25) is 0 Å². The highest BCUT2D eigenvalue weighted by Gasteiger charge is 2.42. The molecule has 0 aliphatic carbocycles. The van der Waals surface area contributed by atoms with Gasteiger partial charge in [0.2, 0.25) is 0 Å². The Kier molecular flexibility index (Phi) is 11.6. The fourth-order valence-electron chi connectivity index (χ4n) is 5.25. The molecule has 11 nitrogen and oxygen atoms in total. The minimum atomic E-state index is -0.886. The summed E-state index contributed by atoms with van der Waals surface area (Å²) in [6.45, 7) is 8.36. The third-order valence-electron chi connectivity index (χ3n) is 7.61. The summed E-state index contributed by atoms with van der Waals surface area (Å²) < 4.78 is 18.6. The van der Waals surface area contributed by atoms with Crippen LogP contribution in [0.25, 0.3) is 16.6 Å². The smallest absolute Gasteiger partial charge is 0.312 e. The standard InChI is InChI=1S/C28H34N6O5.2ClH/c1-2-39-23-15-24(26-22(16-29)18-31-34(26)19-23)21-3-4-25(30-17-21)33-7-5-28(6-8-33,27(35)36)20-38-14-11-32-9-12-37-13-10-32;;/h3-4,15,17-19H,2,5-14,20H2,1H3,(H,35,36);2*1H. The number of halogens is 2. The average Bonchev–Trinajstić information content (AvgIpc) is 3.39. The Hall–Kier alpha value is -3.14. The lowest BCUT2D eigenvalue weighted by Crippen LogP contribution is -2.47. The second-order valence-corrected chi connectivity index (χ2v) is 9.97. The fraction of sp³-hybridized carbons (Fsp3) is 0.500. The molecule has 3 aromatic heterocycles. The van der Waals surface area contributed by atoms with Crippen LogP contribution in [0.3, 0.4) is 0 Å². The molecule has 1 N–H and O–H groups in total. The molecule has 0 saturated carbocycles. The number of carbonyl (C=O) groups is 1. The summed E-state index contributed by atoms with van der Waals surface area (Å²) in [4.78, 5) is 21.3. The molecule has 2 aliphatic rings. The third kappa shape index (κ3) is 7.20. The molecule has 5 heterocycles. The van der Waals surface area contributed by atoms with Crippen LogP contribution in [0, 0.1) is 16.7 Å². The summed E-state index contributed by atoms with van der Waals surface area (Å²) in [6, 6.07) is 8.02. The minimum Gasteiger partial charge on any atom is -0.492 e. The van der Waals surface area contributed by atoms with Gasteiger partial charge in [0.1, 0.15) is 17.6 Å². The summed E-state index contributed by atoms with van der Waals surface area (Å²) in [6.07, 6.45) is 6.07. The largest absolute Gasteiger partial charge is 0.492 e. The first kappa shape index (κ1) is 32.4. The maximum atomic E-state index is 12.2. The number of fused-ring (bicyclic) bond motifs is 1. The van der Waals surface area contributed by atoms with Gasteiger partial charge in [-0.05, 0) is 38.0 Å². The van der Waals surface area contributed by atoms with Crippen molar-refractivity contribution in [3.8, 4) is 22.9 Å². The van der Waals surface area contributed by atoms with Gasteiger partial charge in [0.15, 0.2) is 0 Å². The number of carboxylic acid groups (broad SMARTS) is 1. The Morgan fingerprint density at radius 2 is 1.93 bits per heavy atom. The second kappa shape index (κ2) is 14.7. The van der Waals surface area contributed by atoms with Gasteiger partial charge in [-0.15, -0.1) is 24.8 Å². The lowest BCUT2D eigenvalue weighted by molar-refractivity contribution is -0.155. The third-order valence-corrected chi connectivity index (χ3v) is 7.61. The molecular formula is C28H36Cl2N6O5. The molecule has 0 amide bonds. The van der Waals surface area contributed by atoms with Crippen molar-refractivity contribution in [2.45, 2.75) is 19.8 Å². The summed E-state index contributed by atoms with van der Waals surface area (Å²) in [7, 11) is 0. The zero-order chi connectivity index (χ0) is 27.2. The zero-order valence-electron chi connectivity index (χ0n) is 23.0. The van der Waals surface area contributed by atoms with Crippen molar-refractivity contribution < 1.29 is 24.1 Å². The molecule has 0 spiro atoms. The molecule has 222 valence electrons.